The lowest BCUT2D eigenvalue weighted by Crippen LogP contribution is -2.29. The third-order valence-electron chi connectivity index (χ3n) is 5.36. The fraction of sp³-hybridized carbons (Fsp3) is 0.130. The Bertz CT molecular complexity index is 1480. The highest BCUT2D eigenvalue weighted by molar-refractivity contribution is 7.93. The first-order chi connectivity index (χ1) is 15.3. The summed E-state index contributed by atoms with van der Waals surface area (Å²) in [5.41, 5.74) is 3.30. The van der Waals surface area contributed by atoms with Gasteiger partial charge >= 0.3 is 0 Å². The largest absolute Gasteiger partial charge is 0.322 e. The molecular weight excluding hydrogens is 466 g/mol. The lowest BCUT2D eigenvalue weighted by Gasteiger charge is -2.20. The van der Waals surface area contributed by atoms with Crippen molar-refractivity contribution >= 4 is 60.5 Å². The van der Waals surface area contributed by atoms with Crippen molar-refractivity contribution < 1.29 is 13.2 Å². The molecule has 3 aromatic carbocycles. The van der Waals surface area contributed by atoms with Crippen LogP contribution in [0.4, 0.5) is 11.4 Å². The van der Waals surface area contributed by atoms with Gasteiger partial charge in [0.15, 0.2) is 0 Å². The maximum absolute atomic E-state index is 13.4. The van der Waals surface area contributed by atoms with Gasteiger partial charge in [0.1, 0.15) is 4.90 Å². The molecule has 0 saturated carbocycles. The number of nitrogens with zero attached hydrogens (tertiary/aromatic N) is 2. The highest BCUT2D eigenvalue weighted by atomic mass is 35.5. The summed E-state index contributed by atoms with van der Waals surface area (Å²) in [4.78, 5) is 17.2. The number of anilines is 2. The lowest BCUT2D eigenvalue weighted by atomic mass is 10.2. The number of hydrogen-bond donors (Lipinski definition) is 1. The Labute approximate surface area is 194 Å². The molecule has 0 atom stereocenters. The van der Waals surface area contributed by atoms with Crippen LogP contribution in [0.3, 0.4) is 0 Å². The van der Waals surface area contributed by atoms with Gasteiger partial charge in [-0.3, -0.25) is 9.10 Å². The van der Waals surface area contributed by atoms with E-state index in [1.54, 1.807) is 29.5 Å². The van der Waals surface area contributed by atoms with Crippen molar-refractivity contribution in [3.05, 3.63) is 81.8 Å². The third-order valence-corrected chi connectivity index (χ3v) is 8.59. The number of fused-ring (bicyclic) bond motifs is 2. The molecule has 0 aliphatic carbocycles. The molecule has 1 aromatic heterocycles. The first kappa shape index (κ1) is 20.9. The average molecular weight is 484 g/mol. The summed E-state index contributed by atoms with van der Waals surface area (Å²) in [6, 6.07) is 17.2. The first-order valence-corrected chi connectivity index (χ1v) is 12.5. The fourth-order valence-electron chi connectivity index (χ4n) is 3.84. The second kappa shape index (κ2) is 7.88. The molecule has 1 aliphatic heterocycles. The normalized spacial score (nSPS) is 13.4. The van der Waals surface area contributed by atoms with E-state index in [4.69, 9.17) is 11.6 Å². The molecule has 32 heavy (non-hydrogen) atoms. The Morgan fingerprint density at radius 2 is 1.94 bits per heavy atom. The van der Waals surface area contributed by atoms with E-state index >= 15 is 0 Å². The van der Waals surface area contributed by atoms with Gasteiger partial charge in [-0.2, -0.15) is 0 Å². The molecule has 162 valence electrons. The van der Waals surface area contributed by atoms with E-state index in [2.05, 4.69) is 10.3 Å². The van der Waals surface area contributed by atoms with Crippen LogP contribution >= 0.6 is 22.9 Å². The van der Waals surface area contributed by atoms with E-state index in [0.717, 1.165) is 20.8 Å². The van der Waals surface area contributed by atoms with Crippen LogP contribution < -0.4 is 9.62 Å². The van der Waals surface area contributed by atoms with Crippen LogP contribution in [0.5, 0.6) is 0 Å². The van der Waals surface area contributed by atoms with Gasteiger partial charge in [-0.25, -0.2) is 13.4 Å². The molecule has 0 unspecified atom stereocenters. The van der Waals surface area contributed by atoms with Crippen molar-refractivity contribution in [2.24, 2.45) is 0 Å². The van der Waals surface area contributed by atoms with Gasteiger partial charge in [-0.15, -0.1) is 11.3 Å². The zero-order valence-corrected chi connectivity index (χ0v) is 19.4. The number of halogens is 1. The number of carbonyl (C=O) groups excluding carboxylic acids is 1. The maximum Gasteiger partial charge on any atom is 0.265 e. The molecule has 0 saturated heterocycles. The van der Waals surface area contributed by atoms with Crippen LogP contribution in [0.25, 0.3) is 10.2 Å². The zero-order chi connectivity index (χ0) is 22.5. The lowest BCUT2D eigenvalue weighted by molar-refractivity contribution is 0.102. The summed E-state index contributed by atoms with van der Waals surface area (Å²) < 4.78 is 29.1. The van der Waals surface area contributed by atoms with Gasteiger partial charge in [0.2, 0.25) is 0 Å². The van der Waals surface area contributed by atoms with E-state index in [1.807, 2.05) is 31.2 Å². The summed E-state index contributed by atoms with van der Waals surface area (Å²) >= 11 is 7.82. The predicted molar refractivity (Wildman–Crippen MR) is 128 cm³/mol. The van der Waals surface area contributed by atoms with Crippen molar-refractivity contribution in [3.63, 3.8) is 0 Å². The van der Waals surface area contributed by atoms with E-state index in [0.29, 0.717) is 24.3 Å². The molecule has 0 fully saturated rings. The quantitative estimate of drug-likeness (QED) is 0.429. The number of nitrogens with one attached hydrogen (secondary N) is 1. The van der Waals surface area contributed by atoms with E-state index < -0.39 is 15.9 Å². The Kier molecular flexibility index (Phi) is 5.16. The number of benzene rings is 3. The Morgan fingerprint density at radius 1 is 1.12 bits per heavy atom. The number of thiazole rings is 1. The minimum absolute atomic E-state index is 0.0764. The second-order valence-electron chi connectivity index (χ2n) is 7.47. The van der Waals surface area contributed by atoms with Gasteiger partial charge in [-0.1, -0.05) is 29.8 Å². The highest BCUT2D eigenvalue weighted by Gasteiger charge is 2.32. The number of para-hydroxylation sites is 1. The average Bonchev–Trinajstić information content (AvgIpc) is 3.36. The molecule has 5 rings (SSSR count). The monoisotopic (exact) mass is 483 g/mol. The van der Waals surface area contributed by atoms with Crippen LogP contribution in [-0.4, -0.2) is 25.9 Å². The number of amides is 1. The number of aromatic nitrogens is 1. The number of carbonyl (C=O) groups is 1. The molecule has 2 heterocycles. The van der Waals surface area contributed by atoms with Crippen LogP contribution in [0.15, 0.2) is 65.6 Å². The van der Waals surface area contributed by atoms with Gasteiger partial charge in [0, 0.05) is 17.8 Å². The van der Waals surface area contributed by atoms with Crippen LogP contribution in [0, 0.1) is 6.92 Å². The number of aryl methyl sites for hydroxylation is 1. The topological polar surface area (TPSA) is 79.4 Å². The van der Waals surface area contributed by atoms with Crippen LogP contribution in [0.2, 0.25) is 5.02 Å². The second-order valence-corrected chi connectivity index (χ2v) is 10.9. The molecule has 1 amide bonds. The minimum atomic E-state index is -3.92. The van der Waals surface area contributed by atoms with Crippen molar-refractivity contribution in [2.75, 3.05) is 16.2 Å². The molecule has 1 N–H and O–H groups in total. The van der Waals surface area contributed by atoms with Crippen LogP contribution in [0.1, 0.15) is 20.9 Å². The van der Waals surface area contributed by atoms with Gasteiger partial charge in [0.05, 0.1) is 25.9 Å². The smallest absolute Gasteiger partial charge is 0.265 e. The summed E-state index contributed by atoms with van der Waals surface area (Å²) in [5, 5.41) is 3.85. The SMILES string of the molecule is Cc1nc2ccc(NC(=O)c3ccc(Cl)c(S(=O)(=O)N4CCc5ccccc54)c3)cc2s1. The zero-order valence-electron chi connectivity index (χ0n) is 17.0. The molecule has 0 spiro atoms. The van der Waals surface area contributed by atoms with Gasteiger partial charge in [-0.05, 0) is 61.4 Å². The van der Waals surface area contributed by atoms with Crippen LogP contribution in [-0.2, 0) is 16.4 Å². The summed E-state index contributed by atoms with van der Waals surface area (Å²) in [7, 11) is -3.92. The Hall–Kier alpha value is -2.94. The van der Waals surface area contributed by atoms with Gasteiger partial charge < -0.3 is 5.32 Å². The van der Waals surface area contributed by atoms with E-state index in [1.165, 1.54) is 22.5 Å². The summed E-state index contributed by atoms with van der Waals surface area (Å²) in [6.07, 6.45) is 0.632. The minimum Gasteiger partial charge on any atom is -0.322 e. The predicted octanol–water partition coefficient (Wildman–Crippen LogP) is 5.26. The van der Waals surface area contributed by atoms with Crippen molar-refractivity contribution in [2.45, 2.75) is 18.2 Å². The van der Waals surface area contributed by atoms with E-state index in [9.17, 15) is 13.2 Å². The molecule has 6 nitrogen and oxygen atoms in total. The molecule has 4 aromatic rings. The highest BCUT2D eigenvalue weighted by Crippen LogP contribution is 2.35. The summed E-state index contributed by atoms with van der Waals surface area (Å²) in [5.74, 6) is -0.416. The number of rotatable bonds is 4. The third kappa shape index (κ3) is 3.64. The molecule has 1 aliphatic rings. The first-order valence-electron chi connectivity index (χ1n) is 9.92. The maximum atomic E-state index is 13.4. The van der Waals surface area contributed by atoms with Gasteiger partial charge in [0.25, 0.3) is 15.9 Å². The molecular formula is C23H18ClN3O3S2. The standard InChI is InChI=1S/C23H18ClN3O3S2/c1-14-25-19-9-7-17(13-21(19)31-14)26-23(28)16-6-8-18(24)22(12-16)32(29,30)27-11-10-15-4-2-3-5-20(15)27/h2-9,12-13H,10-11H2,1H3,(H,26,28). The van der Waals surface area contributed by atoms with E-state index in [-0.39, 0.29) is 15.5 Å². The number of sulfonamides is 1. The van der Waals surface area contributed by atoms with Crippen molar-refractivity contribution in [1.29, 1.82) is 0 Å². The Balaban J connectivity index is 1.46. The molecule has 9 heteroatoms. The Morgan fingerprint density at radius 3 is 2.78 bits per heavy atom. The van der Waals surface area contributed by atoms with Crippen molar-refractivity contribution in [1.82, 2.24) is 4.98 Å². The fourth-order valence-corrected chi connectivity index (χ4v) is 6.71. The summed E-state index contributed by atoms with van der Waals surface area (Å²) in [6.45, 7) is 2.26. The molecule has 0 bridgehead atoms. The number of hydrogen-bond acceptors (Lipinski definition) is 5. The van der Waals surface area contributed by atoms with Crippen molar-refractivity contribution in [3.8, 4) is 0 Å². The molecule has 0 radical (unpaired) electrons.